The van der Waals surface area contributed by atoms with Gasteiger partial charge in [0, 0.05) is 11.0 Å². The van der Waals surface area contributed by atoms with Gasteiger partial charge in [-0.1, -0.05) is 32.6 Å². The molecule has 0 aromatic rings. The molecular formula is C12H21N. The first kappa shape index (κ1) is 10.5. The molecule has 1 fully saturated rings. The van der Waals surface area contributed by atoms with Crippen molar-refractivity contribution in [2.24, 2.45) is 5.41 Å². The van der Waals surface area contributed by atoms with Gasteiger partial charge in [-0.3, -0.25) is 0 Å². The van der Waals surface area contributed by atoms with Crippen molar-refractivity contribution in [2.75, 3.05) is 7.05 Å². The summed E-state index contributed by atoms with van der Waals surface area (Å²) in [6.45, 7) is 10.8. The lowest BCUT2D eigenvalue weighted by Crippen LogP contribution is -2.30. The molecule has 1 heteroatoms. The number of nitrogens with one attached hydrogen (secondary N) is 1. The van der Waals surface area contributed by atoms with Gasteiger partial charge < -0.3 is 5.32 Å². The van der Waals surface area contributed by atoms with E-state index in [2.05, 4.69) is 44.8 Å². The average molecular weight is 179 g/mol. The summed E-state index contributed by atoms with van der Waals surface area (Å²) in [6.07, 6.45) is 6.64. The summed E-state index contributed by atoms with van der Waals surface area (Å²) in [5.41, 5.74) is 1.79. The molecule has 0 aromatic carbocycles. The highest BCUT2D eigenvalue weighted by atomic mass is 15.0. The molecule has 1 nitrogen and oxygen atoms in total. The van der Waals surface area contributed by atoms with Crippen molar-refractivity contribution in [1.29, 1.82) is 0 Å². The molecule has 1 aliphatic carbocycles. The van der Waals surface area contributed by atoms with Gasteiger partial charge in [-0.25, -0.2) is 0 Å². The highest BCUT2D eigenvalue weighted by molar-refractivity contribution is 5.37. The molecule has 0 amide bonds. The van der Waals surface area contributed by atoms with Crippen LogP contribution in [0.25, 0.3) is 0 Å². The molecule has 0 radical (unpaired) electrons. The van der Waals surface area contributed by atoms with E-state index in [1.165, 1.54) is 12.0 Å². The second-order valence-electron chi connectivity index (χ2n) is 4.43. The smallest absolute Gasteiger partial charge is 0.0253 e. The Labute approximate surface area is 81.9 Å². The normalized spacial score (nSPS) is 38.2. The SMILES string of the molecule is C=C(/C=C\CC)C1(C)CC1(C)NC. The van der Waals surface area contributed by atoms with Crippen LogP contribution >= 0.6 is 0 Å². The summed E-state index contributed by atoms with van der Waals surface area (Å²) in [5.74, 6) is 0. The maximum Gasteiger partial charge on any atom is 0.0253 e. The molecule has 2 atom stereocenters. The Morgan fingerprint density at radius 3 is 2.54 bits per heavy atom. The van der Waals surface area contributed by atoms with Gasteiger partial charge >= 0.3 is 0 Å². The van der Waals surface area contributed by atoms with Gasteiger partial charge in [0.2, 0.25) is 0 Å². The summed E-state index contributed by atoms with van der Waals surface area (Å²) < 4.78 is 0. The van der Waals surface area contributed by atoms with Gasteiger partial charge in [0.15, 0.2) is 0 Å². The van der Waals surface area contributed by atoms with E-state index >= 15 is 0 Å². The second kappa shape index (κ2) is 3.30. The van der Waals surface area contributed by atoms with Crippen LogP contribution in [0.3, 0.4) is 0 Å². The highest BCUT2D eigenvalue weighted by Gasteiger charge is 2.60. The van der Waals surface area contributed by atoms with Crippen molar-refractivity contribution >= 4 is 0 Å². The zero-order valence-electron chi connectivity index (χ0n) is 9.28. The molecule has 1 N–H and O–H groups in total. The molecule has 1 aliphatic rings. The molecule has 2 unspecified atom stereocenters. The Morgan fingerprint density at radius 2 is 2.15 bits per heavy atom. The van der Waals surface area contributed by atoms with Crippen molar-refractivity contribution < 1.29 is 0 Å². The van der Waals surface area contributed by atoms with Crippen molar-refractivity contribution in [3.05, 3.63) is 24.3 Å². The van der Waals surface area contributed by atoms with E-state index < -0.39 is 0 Å². The van der Waals surface area contributed by atoms with Gasteiger partial charge in [-0.15, -0.1) is 0 Å². The van der Waals surface area contributed by atoms with Crippen LogP contribution in [0, 0.1) is 5.41 Å². The first-order valence-corrected chi connectivity index (χ1v) is 5.05. The van der Waals surface area contributed by atoms with Crippen molar-refractivity contribution in [1.82, 2.24) is 5.32 Å². The third kappa shape index (κ3) is 1.58. The molecule has 0 spiro atoms. The van der Waals surface area contributed by atoms with Crippen LogP contribution in [0.15, 0.2) is 24.3 Å². The molecule has 0 aromatic heterocycles. The Morgan fingerprint density at radius 1 is 1.54 bits per heavy atom. The Kier molecular flexibility index (Phi) is 2.67. The van der Waals surface area contributed by atoms with Gasteiger partial charge in [0.05, 0.1) is 0 Å². The van der Waals surface area contributed by atoms with Crippen molar-refractivity contribution in [2.45, 2.75) is 39.2 Å². The van der Waals surface area contributed by atoms with Gasteiger partial charge in [-0.2, -0.15) is 0 Å². The van der Waals surface area contributed by atoms with Gasteiger partial charge in [0.1, 0.15) is 0 Å². The van der Waals surface area contributed by atoms with Crippen LogP contribution in [-0.2, 0) is 0 Å². The Bertz CT molecular complexity index is 242. The molecule has 0 aliphatic heterocycles. The minimum atomic E-state index is 0.266. The summed E-state index contributed by atoms with van der Waals surface area (Å²) in [5, 5.41) is 3.37. The van der Waals surface area contributed by atoms with Crippen LogP contribution in [0.5, 0.6) is 0 Å². The quantitative estimate of drug-likeness (QED) is 0.654. The third-order valence-corrected chi connectivity index (χ3v) is 3.62. The van der Waals surface area contributed by atoms with E-state index in [0.29, 0.717) is 0 Å². The molecule has 0 bridgehead atoms. The minimum absolute atomic E-state index is 0.266. The fourth-order valence-electron chi connectivity index (χ4n) is 1.94. The standard InChI is InChI=1S/C12H21N/c1-6-7-8-10(2)11(3)9-12(11,4)13-5/h7-8,13H,2,6,9H2,1,3-5H3/b8-7-. The van der Waals surface area contributed by atoms with Crippen LogP contribution in [-0.4, -0.2) is 12.6 Å². The topological polar surface area (TPSA) is 12.0 Å². The van der Waals surface area contributed by atoms with Crippen LogP contribution < -0.4 is 5.32 Å². The largest absolute Gasteiger partial charge is 0.314 e. The van der Waals surface area contributed by atoms with E-state index in [9.17, 15) is 0 Å². The minimum Gasteiger partial charge on any atom is -0.314 e. The monoisotopic (exact) mass is 179 g/mol. The molecule has 74 valence electrons. The van der Waals surface area contributed by atoms with E-state index in [-0.39, 0.29) is 11.0 Å². The summed E-state index contributed by atoms with van der Waals surface area (Å²) in [6, 6.07) is 0. The maximum absolute atomic E-state index is 4.14. The van der Waals surface area contributed by atoms with E-state index in [1.54, 1.807) is 0 Å². The molecule has 0 heterocycles. The second-order valence-corrected chi connectivity index (χ2v) is 4.43. The van der Waals surface area contributed by atoms with Crippen molar-refractivity contribution in [3.63, 3.8) is 0 Å². The third-order valence-electron chi connectivity index (χ3n) is 3.62. The summed E-state index contributed by atoms with van der Waals surface area (Å²) in [7, 11) is 2.03. The lowest BCUT2D eigenvalue weighted by molar-refractivity contribution is 0.485. The fourth-order valence-corrected chi connectivity index (χ4v) is 1.94. The number of allylic oxidation sites excluding steroid dienone is 2. The average Bonchev–Trinajstić information content (AvgIpc) is 2.68. The van der Waals surface area contributed by atoms with Crippen LogP contribution in [0.4, 0.5) is 0 Å². The zero-order valence-corrected chi connectivity index (χ0v) is 9.28. The number of rotatable bonds is 4. The summed E-state index contributed by atoms with van der Waals surface area (Å²) >= 11 is 0. The maximum atomic E-state index is 4.14. The van der Waals surface area contributed by atoms with Crippen LogP contribution in [0.2, 0.25) is 0 Å². The van der Waals surface area contributed by atoms with Crippen LogP contribution in [0.1, 0.15) is 33.6 Å². The first-order valence-electron chi connectivity index (χ1n) is 5.05. The first-order chi connectivity index (χ1) is 6.00. The van der Waals surface area contributed by atoms with E-state index in [4.69, 9.17) is 0 Å². The predicted molar refractivity (Wildman–Crippen MR) is 58.8 cm³/mol. The highest BCUT2D eigenvalue weighted by Crippen LogP contribution is 2.60. The predicted octanol–water partition coefficient (Wildman–Crippen LogP) is 2.90. The molecule has 1 rings (SSSR count). The zero-order chi connectivity index (χ0) is 10.1. The van der Waals surface area contributed by atoms with E-state index in [0.717, 1.165) is 6.42 Å². The number of hydrogen-bond acceptors (Lipinski definition) is 1. The lowest BCUT2D eigenvalue weighted by Gasteiger charge is -2.18. The fraction of sp³-hybridized carbons (Fsp3) is 0.667. The van der Waals surface area contributed by atoms with Gasteiger partial charge in [-0.05, 0) is 32.4 Å². The Hall–Kier alpha value is -0.560. The van der Waals surface area contributed by atoms with Gasteiger partial charge in [0.25, 0.3) is 0 Å². The lowest BCUT2D eigenvalue weighted by atomic mass is 9.93. The molecule has 0 saturated heterocycles. The Balaban J connectivity index is 2.65. The van der Waals surface area contributed by atoms with Crippen molar-refractivity contribution in [3.8, 4) is 0 Å². The summed E-state index contributed by atoms with van der Waals surface area (Å²) in [4.78, 5) is 0. The molecule has 1 saturated carbocycles. The molecular weight excluding hydrogens is 158 g/mol. The molecule has 13 heavy (non-hydrogen) atoms. The number of hydrogen-bond donors (Lipinski definition) is 1. The van der Waals surface area contributed by atoms with E-state index in [1.807, 2.05) is 7.05 Å².